The van der Waals surface area contributed by atoms with Gasteiger partial charge in [0.05, 0.1) is 11.4 Å². The molecule has 0 radical (unpaired) electrons. The summed E-state index contributed by atoms with van der Waals surface area (Å²) >= 11 is 0. The summed E-state index contributed by atoms with van der Waals surface area (Å²) in [5.74, 6) is -5.88. The van der Waals surface area contributed by atoms with Crippen LogP contribution in [0.3, 0.4) is 0 Å². The molecule has 13 heteroatoms. The molecular formula is C54H55F4N3O6. The maximum absolute atomic E-state index is 13.8. The van der Waals surface area contributed by atoms with Crippen molar-refractivity contribution >= 4 is 29.3 Å². The van der Waals surface area contributed by atoms with Gasteiger partial charge in [-0.05, 0) is 83.4 Å². The maximum atomic E-state index is 13.8. The smallest absolute Gasteiger partial charge is 0.331 e. The molecule has 0 saturated carbocycles. The fourth-order valence-electron chi connectivity index (χ4n) is 6.17. The second-order valence-electron chi connectivity index (χ2n) is 17.1. The summed E-state index contributed by atoms with van der Waals surface area (Å²) < 4.78 is 63.2. The molecule has 67 heavy (non-hydrogen) atoms. The third kappa shape index (κ3) is 18.3. The largest absolute Gasteiger partial charge is 0.480 e. The summed E-state index contributed by atoms with van der Waals surface area (Å²) in [7, 11) is 0. The predicted molar refractivity (Wildman–Crippen MR) is 253 cm³/mol. The summed E-state index contributed by atoms with van der Waals surface area (Å²) in [5, 5.41) is 8.47. The summed E-state index contributed by atoms with van der Waals surface area (Å²) in [4.78, 5) is 44.5. The number of nitrogens with two attached hydrogens (primary N) is 1. The molecule has 6 aromatic carbocycles. The number of carbonyl (C=O) groups excluding carboxylic acids is 2. The van der Waals surface area contributed by atoms with Crippen molar-refractivity contribution in [1.29, 1.82) is 0 Å². The number of halogens is 4. The van der Waals surface area contributed by atoms with Crippen molar-refractivity contribution in [3.05, 3.63) is 214 Å². The minimum Gasteiger partial charge on any atom is -0.480 e. The van der Waals surface area contributed by atoms with E-state index >= 15 is 0 Å². The van der Waals surface area contributed by atoms with Crippen LogP contribution in [0.1, 0.15) is 74.9 Å². The van der Waals surface area contributed by atoms with Crippen molar-refractivity contribution in [2.75, 3.05) is 6.54 Å². The quantitative estimate of drug-likeness (QED) is 0.0668. The molecular weight excluding hydrogens is 863 g/mol. The first kappa shape index (κ1) is 52.4. The van der Waals surface area contributed by atoms with E-state index in [1.165, 1.54) is 12.1 Å². The first-order chi connectivity index (χ1) is 31.7. The molecule has 0 saturated heterocycles. The Morgan fingerprint density at radius 1 is 0.537 bits per heavy atom. The van der Waals surface area contributed by atoms with Crippen LogP contribution in [0.25, 0.3) is 0 Å². The van der Waals surface area contributed by atoms with Gasteiger partial charge in [0.1, 0.15) is 23.8 Å². The highest BCUT2D eigenvalue weighted by molar-refractivity contribution is 6.14. The number of nitrogens with zero attached hydrogens (tertiary/aromatic N) is 2. The molecule has 2 unspecified atom stereocenters. The van der Waals surface area contributed by atoms with Gasteiger partial charge in [-0.2, -0.15) is 0 Å². The molecule has 0 bridgehead atoms. The lowest BCUT2D eigenvalue weighted by atomic mass is 10.0. The fourth-order valence-corrected chi connectivity index (χ4v) is 6.17. The van der Waals surface area contributed by atoms with Gasteiger partial charge < -0.3 is 20.3 Å². The molecule has 0 spiro atoms. The number of rotatable bonds is 13. The second-order valence-corrected chi connectivity index (χ2v) is 17.1. The molecule has 2 atom stereocenters. The lowest BCUT2D eigenvalue weighted by Crippen LogP contribution is -2.33. The Morgan fingerprint density at radius 2 is 0.910 bits per heavy atom. The first-order valence-corrected chi connectivity index (χ1v) is 21.3. The van der Waals surface area contributed by atoms with Crippen molar-refractivity contribution in [3.8, 4) is 0 Å². The molecule has 0 aromatic heterocycles. The van der Waals surface area contributed by atoms with Gasteiger partial charge in [-0.1, -0.05) is 133 Å². The van der Waals surface area contributed by atoms with Crippen molar-refractivity contribution < 1.29 is 46.5 Å². The first-order valence-electron chi connectivity index (χ1n) is 21.3. The van der Waals surface area contributed by atoms with Crippen LogP contribution in [-0.2, 0) is 36.7 Å². The molecule has 0 amide bonds. The maximum Gasteiger partial charge on any atom is 0.331 e. The highest BCUT2D eigenvalue weighted by Gasteiger charge is 2.27. The number of aliphatic imine (C=N–C) groups is 2. The average Bonchev–Trinajstić information content (AvgIpc) is 3.28. The van der Waals surface area contributed by atoms with Gasteiger partial charge in [0.25, 0.3) is 0 Å². The average molecular weight is 918 g/mol. The monoisotopic (exact) mass is 917 g/mol. The van der Waals surface area contributed by atoms with E-state index in [1.807, 2.05) is 142 Å². The molecule has 0 heterocycles. The minimum atomic E-state index is -1.17. The number of hydrogen-bond donors (Lipinski definition) is 2. The Morgan fingerprint density at radius 3 is 1.27 bits per heavy atom. The summed E-state index contributed by atoms with van der Waals surface area (Å²) in [6.45, 7) is 10.9. The second kappa shape index (κ2) is 24.9. The molecule has 0 fully saturated rings. The van der Waals surface area contributed by atoms with E-state index in [1.54, 1.807) is 20.8 Å². The van der Waals surface area contributed by atoms with E-state index in [0.717, 1.165) is 52.2 Å². The van der Waals surface area contributed by atoms with Gasteiger partial charge in [0.15, 0.2) is 29.3 Å². The zero-order chi connectivity index (χ0) is 49.1. The lowest BCUT2D eigenvalue weighted by Gasteiger charge is -2.23. The zero-order valence-electron chi connectivity index (χ0n) is 38.3. The van der Waals surface area contributed by atoms with Gasteiger partial charge in [-0.15, -0.1) is 0 Å². The molecule has 350 valence electrons. The van der Waals surface area contributed by atoms with Gasteiger partial charge in [0, 0.05) is 28.7 Å². The summed E-state index contributed by atoms with van der Waals surface area (Å²) in [5.41, 5.74) is 9.91. The van der Waals surface area contributed by atoms with E-state index in [9.17, 15) is 31.9 Å². The van der Waals surface area contributed by atoms with Crippen LogP contribution >= 0.6 is 0 Å². The van der Waals surface area contributed by atoms with Crippen molar-refractivity contribution in [2.45, 2.75) is 77.7 Å². The summed E-state index contributed by atoms with van der Waals surface area (Å²) in [6, 6.07) is 43.5. The van der Waals surface area contributed by atoms with E-state index in [2.05, 4.69) is 4.99 Å². The number of carboxylic acids is 1. The van der Waals surface area contributed by atoms with Crippen molar-refractivity contribution in [2.24, 2.45) is 15.7 Å². The molecule has 9 nitrogen and oxygen atoms in total. The Bertz CT molecular complexity index is 2520. The number of carboxylic acid groups (broad SMARTS) is 1. The minimum absolute atomic E-state index is 0.0103. The standard InChI is InChI=1S/C26H25F2NO2.C19H21NO2.C9H9F2NO2/c1-26(2,3)31-25(30)23(17-18-14-15-21(27)22(28)16-18)29-24(19-10-6-4-7-11-19)20-12-8-5-9-13-20;1-19(2,3)22-17(21)14-20-18(15-10-6-4-7-11-15)16-12-8-5-9-13-16;10-6-2-1-5(3-7(6)11)4-8(12)9(13)14/h4-16,23H,17H2,1-3H3;4-13H,14H2,1-3H3;1-3,8H,4,12H2,(H,13,14). The number of carbonyl (C=O) groups is 3. The third-order valence-electron chi connectivity index (χ3n) is 9.11. The molecule has 3 N–H and O–H groups in total. The van der Waals surface area contributed by atoms with Gasteiger partial charge >= 0.3 is 17.9 Å². The number of ether oxygens (including phenoxy) is 2. The van der Waals surface area contributed by atoms with E-state index in [-0.39, 0.29) is 25.4 Å². The zero-order valence-corrected chi connectivity index (χ0v) is 38.3. The van der Waals surface area contributed by atoms with Crippen molar-refractivity contribution in [3.63, 3.8) is 0 Å². The highest BCUT2D eigenvalue weighted by atomic mass is 19.2. The van der Waals surface area contributed by atoms with Gasteiger partial charge in [-0.3, -0.25) is 19.6 Å². The van der Waals surface area contributed by atoms with E-state index < -0.39 is 58.5 Å². The molecule has 0 aliphatic heterocycles. The van der Waals surface area contributed by atoms with Crippen LogP contribution in [0.15, 0.2) is 168 Å². The van der Waals surface area contributed by atoms with E-state index in [0.29, 0.717) is 16.8 Å². The Labute approximate surface area is 389 Å². The summed E-state index contributed by atoms with van der Waals surface area (Å²) in [6.07, 6.45) is 0.0574. The Hall–Kier alpha value is -7.25. The highest BCUT2D eigenvalue weighted by Crippen LogP contribution is 2.20. The van der Waals surface area contributed by atoms with Crippen LogP contribution in [-0.4, -0.2) is 64.3 Å². The number of benzene rings is 6. The topological polar surface area (TPSA) is 141 Å². The molecule has 0 aliphatic carbocycles. The predicted octanol–water partition coefficient (Wildman–Crippen LogP) is 10.5. The Kier molecular flexibility index (Phi) is 19.4. The van der Waals surface area contributed by atoms with Gasteiger partial charge in [0.2, 0.25) is 0 Å². The van der Waals surface area contributed by atoms with Gasteiger partial charge in [-0.25, -0.2) is 22.4 Å². The molecule has 0 aliphatic rings. The van der Waals surface area contributed by atoms with Crippen LogP contribution in [0, 0.1) is 23.3 Å². The van der Waals surface area contributed by atoms with E-state index in [4.69, 9.17) is 25.3 Å². The van der Waals surface area contributed by atoms with Crippen molar-refractivity contribution in [1.82, 2.24) is 0 Å². The van der Waals surface area contributed by atoms with Crippen LogP contribution in [0.4, 0.5) is 17.6 Å². The fraction of sp³-hybridized carbons (Fsp3) is 0.241. The van der Waals surface area contributed by atoms with Crippen LogP contribution in [0.5, 0.6) is 0 Å². The number of esters is 2. The number of hydrogen-bond acceptors (Lipinski definition) is 8. The number of aliphatic carboxylic acids is 1. The normalized spacial score (nSPS) is 11.8. The SMILES string of the molecule is CC(C)(C)OC(=O)C(Cc1ccc(F)c(F)c1)N=C(c1ccccc1)c1ccccc1.CC(C)(C)OC(=O)CN=C(c1ccccc1)c1ccccc1.NC(Cc1ccc(F)c(F)c1)C(=O)O. The van der Waals surface area contributed by atoms with Crippen LogP contribution < -0.4 is 5.73 Å². The Balaban J connectivity index is 0.000000237. The lowest BCUT2D eigenvalue weighted by molar-refractivity contribution is -0.156. The third-order valence-corrected chi connectivity index (χ3v) is 9.11. The molecule has 6 rings (SSSR count). The molecule has 6 aromatic rings. The van der Waals surface area contributed by atoms with Crippen LogP contribution in [0.2, 0.25) is 0 Å².